The summed E-state index contributed by atoms with van der Waals surface area (Å²) in [5.41, 5.74) is 0.323. The summed E-state index contributed by atoms with van der Waals surface area (Å²) >= 11 is 0. The molecule has 1 saturated heterocycles. The van der Waals surface area contributed by atoms with E-state index in [-0.39, 0.29) is 22.0 Å². The molecule has 0 saturated carbocycles. The van der Waals surface area contributed by atoms with Crippen molar-refractivity contribution in [2.75, 3.05) is 11.9 Å². The van der Waals surface area contributed by atoms with Gasteiger partial charge in [-0.2, -0.15) is 4.98 Å². The Morgan fingerprint density at radius 2 is 1.97 bits per heavy atom. The summed E-state index contributed by atoms with van der Waals surface area (Å²) in [5.74, 6) is 0.872. The molecule has 0 amide bonds. The van der Waals surface area contributed by atoms with Crippen molar-refractivity contribution in [1.29, 1.82) is 0 Å². The lowest BCUT2D eigenvalue weighted by molar-refractivity contribution is -0.0476. The topological polar surface area (TPSA) is 114 Å². The summed E-state index contributed by atoms with van der Waals surface area (Å²) < 4.78 is 14.7. The number of fused-ring (bicyclic) bond motifs is 1. The van der Waals surface area contributed by atoms with Crippen LogP contribution in [0.2, 0.25) is 18.1 Å². The lowest BCUT2D eigenvalue weighted by atomic mass is 10.0. The number of aliphatic hydroxyl groups excluding tert-OH is 1. The van der Waals surface area contributed by atoms with Gasteiger partial charge in [0.2, 0.25) is 5.95 Å². The smallest absolute Gasteiger partial charge is 0.280 e. The van der Waals surface area contributed by atoms with Crippen LogP contribution in [0.5, 0.6) is 0 Å². The Balaban J connectivity index is 2.05. The number of nitrogens with zero attached hydrogens (tertiary/aromatic N) is 3. The highest BCUT2D eigenvalue weighted by molar-refractivity contribution is 6.74. The monoisotopic (exact) mass is 465 g/mol. The van der Waals surface area contributed by atoms with Gasteiger partial charge in [0, 0.05) is 6.54 Å². The zero-order valence-corrected chi connectivity index (χ0v) is 21.8. The maximum absolute atomic E-state index is 12.6. The van der Waals surface area contributed by atoms with Crippen LogP contribution in [-0.2, 0) is 9.16 Å². The summed E-state index contributed by atoms with van der Waals surface area (Å²) in [5, 5.41) is 14.3. The summed E-state index contributed by atoms with van der Waals surface area (Å²) in [6, 6.07) is 0. The van der Waals surface area contributed by atoms with Crippen molar-refractivity contribution in [1.82, 2.24) is 19.5 Å². The largest absolute Gasteiger partial charge is 0.407 e. The van der Waals surface area contributed by atoms with Crippen LogP contribution < -0.4 is 10.9 Å². The summed E-state index contributed by atoms with van der Waals surface area (Å²) in [4.78, 5) is 24.3. The standard InChI is InChI=1S/C22H39N5O4Si/c1-12(2)10-23-21-25-18-14(19(29)26-21)24-11-27(18)20-17(15(28)16(30-20)13(3)4)31-32(8,9)22(5,6)7/h11-13,15-17,20,28H,10H2,1-9H3,(H2,23,25,26,29)/t15-,16+,17?,20+/m0/s1. The third-order valence-corrected chi connectivity index (χ3v) is 11.0. The molecule has 1 aliphatic rings. The summed E-state index contributed by atoms with van der Waals surface area (Å²) in [6.45, 7) is 19.7. The van der Waals surface area contributed by atoms with E-state index >= 15 is 0 Å². The zero-order valence-electron chi connectivity index (χ0n) is 20.8. The van der Waals surface area contributed by atoms with Gasteiger partial charge in [-0.05, 0) is 30.0 Å². The molecule has 9 nitrogen and oxygen atoms in total. The fourth-order valence-corrected chi connectivity index (χ4v) is 4.88. The van der Waals surface area contributed by atoms with E-state index in [4.69, 9.17) is 9.16 Å². The number of rotatable bonds is 7. The number of hydrogen-bond donors (Lipinski definition) is 3. The second kappa shape index (κ2) is 8.89. The highest BCUT2D eigenvalue weighted by Crippen LogP contribution is 2.43. The number of ether oxygens (including phenoxy) is 1. The molecule has 3 N–H and O–H groups in total. The number of aromatic nitrogens is 4. The zero-order chi connectivity index (χ0) is 24.0. The van der Waals surface area contributed by atoms with Crippen molar-refractivity contribution >= 4 is 25.4 Å². The van der Waals surface area contributed by atoms with Crippen molar-refractivity contribution in [3.63, 3.8) is 0 Å². The Bertz CT molecular complexity index is 994. The molecule has 1 unspecified atom stereocenters. The molecule has 0 radical (unpaired) electrons. The molecule has 32 heavy (non-hydrogen) atoms. The van der Waals surface area contributed by atoms with E-state index in [0.717, 1.165) is 0 Å². The third-order valence-electron chi connectivity index (χ3n) is 6.53. The maximum Gasteiger partial charge on any atom is 0.280 e. The van der Waals surface area contributed by atoms with E-state index in [9.17, 15) is 9.90 Å². The van der Waals surface area contributed by atoms with Crippen LogP contribution in [0.4, 0.5) is 5.95 Å². The molecule has 1 fully saturated rings. The van der Waals surface area contributed by atoms with E-state index in [1.54, 1.807) is 10.9 Å². The molecule has 10 heteroatoms. The summed E-state index contributed by atoms with van der Waals surface area (Å²) in [7, 11) is -2.22. The Morgan fingerprint density at radius 3 is 2.53 bits per heavy atom. The van der Waals surface area contributed by atoms with Gasteiger partial charge in [0.05, 0.1) is 12.4 Å². The van der Waals surface area contributed by atoms with Gasteiger partial charge in [-0.25, -0.2) is 4.98 Å². The second-order valence-corrected chi connectivity index (χ2v) is 15.8. The van der Waals surface area contributed by atoms with Gasteiger partial charge in [0.15, 0.2) is 25.7 Å². The van der Waals surface area contributed by atoms with Crippen LogP contribution in [0.3, 0.4) is 0 Å². The van der Waals surface area contributed by atoms with Gasteiger partial charge in [-0.3, -0.25) is 14.3 Å². The van der Waals surface area contributed by atoms with Crippen LogP contribution in [0.25, 0.3) is 11.2 Å². The maximum atomic E-state index is 12.6. The predicted octanol–water partition coefficient (Wildman–Crippen LogP) is 3.49. The number of imidazole rings is 1. The normalized spacial score (nSPS) is 24.8. The minimum Gasteiger partial charge on any atom is -0.407 e. The predicted molar refractivity (Wildman–Crippen MR) is 128 cm³/mol. The van der Waals surface area contributed by atoms with Gasteiger partial charge in [0.25, 0.3) is 5.56 Å². The molecular weight excluding hydrogens is 426 g/mol. The minimum atomic E-state index is -2.22. The van der Waals surface area contributed by atoms with Crippen LogP contribution in [0.1, 0.15) is 54.7 Å². The number of aromatic amines is 1. The molecule has 3 rings (SSSR count). The lowest BCUT2D eigenvalue weighted by Gasteiger charge is -2.40. The van der Waals surface area contributed by atoms with Gasteiger partial charge < -0.3 is 19.6 Å². The van der Waals surface area contributed by atoms with E-state index in [1.807, 2.05) is 13.8 Å². The van der Waals surface area contributed by atoms with Crippen LogP contribution >= 0.6 is 0 Å². The molecule has 3 heterocycles. The molecule has 4 atom stereocenters. The minimum absolute atomic E-state index is 0.0342. The first-order valence-corrected chi connectivity index (χ1v) is 14.4. The average molecular weight is 466 g/mol. The first kappa shape index (κ1) is 24.9. The van der Waals surface area contributed by atoms with Gasteiger partial charge in [-0.1, -0.05) is 48.5 Å². The molecule has 2 aromatic rings. The van der Waals surface area contributed by atoms with Crippen molar-refractivity contribution < 1.29 is 14.3 Å². The molecular formula is C22H39N5O4Si. The van der Waals surface area contributed by atoms with E-state index in [1.165, 1.54) is 0 Å². The van der Waals surface area contributed by atoms with Gasteiger partial charge in [0.1, 0.15) is 12.2 Å². The van der Waals surface area contributed by atoms with Crippen LogP contribution in [0, 0.1) is 11.8 Å². The average Bonchev–Trinajstić information content (AvgIpc) is 3.21. The molecule has 0 aromatic carbocycles. The molecule has 0 spiro atoms. The van der Waals surface area contributed by atoms with Crippen molar-refractivity contribution in [2.24, 2.45) is 11.8 Å². The Morgan fingerprint density at radius 1 is 1.31 bits per heavy atom. The molecule has 0 aliphatic carbocycles. The number of aliphatic hydroxyl groups is 1. The number of nitrogens with one attached hydrogen (secondary N) is 2. The highest BCUT2D eigenvalue weighted by atomic mass is 28.4. The highest BCUT2D eigenvalue weighted by Gasteiger charge is 2.51. The lowest BCUT2D eigenvalue weighted by Crippen LogP contribution is -2.48. The fraction of sp³-hybridized carbons (Fsp3) is 0.773. The second-order valence-electron chi connectivity index (χ2n) is 11.1. The van der Waals surface area contributed by atoms with Gasteiger partial charge in [-0.15, -0.1) is 0 Å². The Hall–Kier alpha value is -1.75. The fourth-order valence-electron chi connectivity index (χ4n) is 3.59. The van der Waals surface area contributed by atoms with Crippen LogP contribution in [-0.4, -0.2) is 57.8 Å². The first-order valence-electron chi connectivity index (χ1n) is 11.4. The number of anilines is 1. The van der Waals surface area contributed by atoms with E-state index in [2.05, 4.69) is 68.0 Å². The van der Waals surface area contributed by atoms with E-state index < -0.39 is 32.9 Å². The molecule has 2 aromatic heterocycles. The molecule has 1 aliphatic heterocycles. The Labute approximate surface area is 191 Å². The SMILES string of the molecule is CC(C)CNc1nc2c(ncn2[C@@H]2O[C@H](C(C)C)[C@H](O)C2O[Si](C)(C)C(C)(C)C)c(=O)[nH]1. The molecule has 0 bridgehead atoms. The number of H-pyrrole nitrogens is 1. The quantitative estimate of drug-likeness (QED) is 0.536. The van der Waals surface area contributed by atoms with Gasteiger partial charge >= 0.3 is 0 Å². The Kier molecular flexibility index (Phi) is 6.91. The van der Waals surface area contributed by atoms with Crippen LogP contribution in [0.15, 0.2) is 11.1 Å². The van der Waals surface area contributed by atoms with Crippen molar-refractivity contribution in [3.05, 3.63) is 16.7 Å². The van der Waals surface area contributed by atoms with Crippen molar-refractivity contribution in [2.45, 2.75) is 91.1 Å². The summed E-state index contributed by atoms with van der Waals surface area (Å²) in [6.07, 6.45) is -0.862. The van der Waals surface area contributed by atoms with Crippen molar-refractivity contribution in [3.8, 4) is 0 Å². The number of hydrogen-bond acceptors (Lipinski definition) is 7. The van der Waals surface area contributed by atoms with E-state index in [0.29, 0.717) is 24.1 Å². The first-order chi connectivity index (χ1) is 14.7. The third kappa shape index (κ3) is 4.78. The molecule has 180 valence electrons.